The Kier molecular flexibility index (Phi) is 4.18. The van der Waals surface area contributed by atoms with Crippen LogP contribution >= 0.6 is 11.6 Å². The molecule has 1 aromatic heterocycles. The van der Waals surface area contributed by atoms with Crippen molar-refractivity contribution in [1.29, 1.82) is 0 Å². The summed E-state index contributed by atoms with van der Waals surface area (Å²) in [7, 11) is 1.90. The molecule has 94 valence electrons. The number of ether oxygens (including phenoxy) is 1. The lowest BCUT2D eigenvalue weighted by Crippen LogP contribution is -2.05. The minimum atomic E-state index is 0.570. The standard InChI is InChI=1S/C14H15ClN2O/c1-10-3-5-12(15)7-13(10)18-14-6-4-11(8-16-2)9-17-14/h3-7,9,16H,8H2,1-2H3. The first-order valence-electron chi connectivity index (χ1n) is 5.72. The smallest absolute Gasteiger partial charge is 0.219 e. The highest BCUT2D eigenvalue weighted by molar-refractivity contribution is 6.30. The maximum absolute atomic E-state index is 5.94. The number of halogens is 1. The van der Waals surface area contributed by atoms with Gasteiger partial charge in [-0.05, 0) is 37.2 Å². The van der Waals surface area contributed by atoms with Crippen LogP contribution in [0.2, 0.25) is 5.02 Å². The number of aryl methyl sites for hydroxylation is 1. The van der Waals surface area contributed by atoms with E-state index in [2.05, 4.69) is 10.3 Å². The van der Waals surface area contributed by atoms with E-state index in [0.717, 1.165) is 23.4 Å². The van der Waals surface area contributed by atoms with Crippen LogP contribution < -0.4 is 10.1 Å². The molecular formula is C14H15ClN2O. The highest BCUT2D eigenvalue weighted by Crippen LogP contribution is 2.26. The second-order valence-electron chi connectivity index (χ2n) is 4.05. The van der Waals surface area contributed by atoms with Crippen molar-refractivity contribution in [3.05, 3.63) is 52.7 Å². The molecule has 2 aromatic rings. The Morgan fingerprint density at radius 2 is 2.11 bits per heavy atom. The molecule has 0 atom stereocenters. The third-order valence-electron chi connectivity index (χ3n) is 2.54. The van der Waals surface area contributed by atoms with Crippen molar-refractivity contribution in [2.75, 3.05) is 7.05 Å². The van der Waals surface area contributed by atoms with E-state index >= 15 is 0 Å². The summed E-state index contributed by atoms with van der Waals surface area (Å²) in [4.78, 5) is 4.26. The molecule has 0 spiro atoms. The summed E-state index contributed by atoms with van der Waals surface area (Å²) in [5, 5.41) is 3.73. The first-order chi connectivity index (χ1) is 8.69. The van der Waals surface area contributed by atoms with Crippen molar-refractivity contribution in [2.24, 2.45) is 0 Å². The predicted molar refractivity (Wildman–Crippen MR) is 73.3 cm³/mol. The Bertz CT molecular complexity index is 526. The van der Waals surface area contributed by atoms with Gasteiger partial charge in [-0.2, -0.15) is 0 Å². The minimum Gasteiger partial charge on any atom is -0.439 e. The number of hydrogen-bond donors (Lipinski definition) is 1. The molecule has 0 aliphatic rings. The number of rotatable bonds is 4. The fraction of sp³-hybridized carbons (Fsp3) is 0.214. The third kappa shape index (κ3) is 3.22. The van der Waals surface area contributed by atoms with E-state index in [9.17, 15) is 0 Å². The maximum atomic E-state index is 5.94. The molecule has 0 radical (unpaired) electrons. The second-order valence-corrected chi connectivity index (χ2v) is 4.48. The molecule has 3 nitrogen and oxygen atoms in total. The van der Waals surface area contributed by atoms with Crippen LogP contribution in [0, 0.1) is 6.92 Å². The molecule has 2 rings (SSSR count). The highest BCUT2D eigenvalue weighted by atomic mass is 35.5. The van der Waals surface area contributed by atoms with E-state index < -0.39 is 0 Å². The zero-order chi connectivity index (χ0) is 13.0. The van der Waals surface area contributed by atoms with Crippen LogP contribution in [0.3, 0.4) is 0 Å². The van der Waals surface area contributed by atoms with Crippen LogP contribution in [0.15, 0.2) is 36.5 Å². The van der Waals surface area contributed by atoms with E-state index in [1.165, 1.54) is 0 Å². The van der Waals surface area contributed by atoms with Gasteiger partial charge in [-0.25, -0.2) is 4.98 Å². The monoisotopic (exact) mass is 262 g/mol. The first-order valence-corrected chi connectivity index (χ1v) is 6.10. The molecule has 0 fully saturated rings. The molecule has 1 aromatic carbocycles. The van der Waals surface area contributed by atoms with E-state index in [0.29, 0.717) is 10.9 Å². The second kappa shape index (κ2) is 5.85. The molecule has 0 aliphatic heterocycles. The van der Waals surface area contributed by atoms with Crippen molar-refractivity contribution >= 4 is 11.6 Å². The number of nitrogens with zero attached hydrogens (tertiary/aromatic N) is 1. The van der Waals surface area contributed by atoms with Crippen molar-refractivity contribution < 1.29 is 4.74 Å². The molecular weight excluding hydrogens is 248 g/mol. The molecule has 0 saturated carbocycles. The van der Waals surface area contributed by atoms with Crippen molar-refractivity contribution in [2.45, 2.75) is 13.5 Å². The van der Waals surface area contributed by atoms with Crippen molar-refractivity contribution in [3.8, 4) is 11.6 Å². The minimum absolute atomic E-state index is 0.570. The van der Waals surface area contributed by atoms with Crippen LogP contribution in [0.5, 0.6) is 11.6 Å². The Morgan fingerprint density at radius 1 is 1.28 bits per heavy atom. The first kappa shape index (κ1) is 12.9. The Hall–Kier alpha value is -1.58. The molecule has 0 amide bonds. The topological polar surface area (TPSA) is 34.1 Å². The normalized spacial score (nSPS) is 10.4. The van der Waals surface area contributed by atoms with E-state index in [1.807, 2.05) is 38.2 Å². The van der Waals surface area contributed by atoms with Crippen LogP contribution in [0.25, 0.3) is 0 Å². The number of benzene rings is 1. The fourth-order valence-electron chi connectivity index (χ4n) is 1.58. The number of nitrogens with one attached hydrogen (secondary N) is 1. The Morgan fingerprint density at radius 3 is 2.78 bits per heavy atom. The molecule has 1 heterocycles. The van der Waals surface area contributed by atoms with Gasteiger partial charge < -0.3 is 10.1 Å². The summed E-state index contributed by atoms with van der Waals surface area (Å²) < 4.78 is 5.71. The van der Waals surface area contributed by atoms with Crippen LogP contribution in [-0.4, -0.2) is 12.0 Å². The van der Waals surface area contributed by atoms with Crippen LogP contribution in [0.4, 0.5) is 0 Å². The van der Waals surface area contributed by atoms with Crippen LogP contribution in [-0.2, 0) is 6.54 Å². The summed E-state index contributed by atoms with van der Waals surface area (Å²) in [5.41, 5.74) is 2.15. The van der Waals surface area contributed by atoms with Gasteiger partial charge in [0.1, 0.15) is 5.75 Å². The summed E-state index contributed by atoms with van der Waals surface area (Å²) in [6, 6.07) is 9.39. The molecule has 18 heavy (non-hydrogen) atoms. The highest BCUT2D eigenvalue weighted by Gasteiger charge is 2.03. The molecule has 4 heteroatoms. The lowest BCUT2D eigenvalue weighted by molar-refractivity contribution is 0.459. The number of pyridine rings is 1. The lowest BCUT2D eigenvalue weighted by Gasteiger charge is -2.08. The summed E-state index contributed by atoms with van der Waals surface area (Å²) in [6.45, 7) is 2.77. The van der Waals surface area contributed by atoms with E-state index in [-0.39, 0.29) is 0 Å². The number of hydrogen-bond acceptors (Lipinski definition) is 3. The SMILES string of the molecule is CNCc1ccc(Oc2cc(Cl)ccc2C)nc1. The van der Waals surface area contributed by atoms with E-state index in [1.54, 1.807) is 12.3 Å². The molecule has 1 N–H and O–H groups in total. The molecule has 0 aliphatic carbocycles. The zero-order valence-corrected chi connectivity index (χ0v) is 11.2. The largest absolute Gasteiger partial charge is 0.439 e. The average molecular weight is 263 g/mol. The van der Waals surface area contributed by atoms with E-state index in [4.69, 9.17) is 16.3 Å². The Labute approximate surface area is 112 Å². The van der Waals surface area contributed by atoms with Gasteiger partial charge >= 0.3 is 0 Å². The predicted octanol–water partition coefficient (Wildman–Crippen LogP) is 3.56. The van der Waals surface area contributed by atoms with Crippen LogP contribution in [0.1, 0.15) is 11.1 Å². The fourth-order valence-corrected chi connectivity index (χ4v) is 1.74. The quantitative estimate of drug-likeness (QED) is 0.915. The van der Waals surface area contributed by atoms with Gasteiger partial charge in [0.25, 0.3) is 0 Å². The molecule has 0 saturated heterocycles. The van der Waals surface area contributed by atoms with Gasteiger partial charge in [0.05, 0.1) is 0 Å². The third-order valence-corrected chi connectivity index (χ3v) is 2.78. The maximum Gasteiger partial charge on any atom is 0.219 e. The molecule has 0 bridgehead atoms. The van der Waals surface area contributed by atoms with Gasteiger partial charge in [-0.15, -0.1) is 0 Å². The van der Waals surface area contributed by atoms with Gasteiger partial charge in [-0.3, -0.25) is 0 Å². The zero-order valence-electron chi connectivity index (χ0n) is 10.4. The average Bonchev–Trinajstić information content (AvgIpc) is 2.37. The number of aromatic nitrogens is 1. The van der Waals surface area contributed by atoms with Gasteiger partial charge in [0.2, 0.25) is 5.88 Å². The van der Waals surface area contributed by atoms with Crippen molar-refractivity contribution in [1.82, 2.24) is 10.3 Å². The summed E-state index contributed by atoms with van der Waals surface area (Å²) >= 11 is 5.94. The summed E-state index contributed by atoms with van der Waals surface area (Å²) in [5.74, 6) is 1.30. The molecule has 0 unspecified atom stereocenters. The Balaban J connectivity index is 2.15. The van der Waals surface area contributed by atoms with Gasteiger partial charge in [0, 0.05) is 23.8 Å². The summed E-state index contributed by atoms with van der Waals surface area (Å²) in [6.07, 6.45) is 1.80. The van der Waals surface area contributed by atoms with Crippen molar-refractivity contribution in [3.63, 3.8) is 0 Å². The van der Waals surface area contributed by atoms with Gasteiger partial charge in [-0.1, -0.05) is 23.7 Å². The van der Waals surface area contributed by atoms with Gasteiger partial charge in [0.15, 0.2) is 0 Å². The lowest BCUT2D eigenvalue weighted by atomic mass is 10.2.